The first-order valence-electron chi connectivity index (χ1n) is 7.16. The second-order valence-electron chi connectivity index (χ2n) is 5.18. The van der Waals surface area contributed by atoms with Crippen molar-refractivity contribution >= 4 is 11.6 Å². The molecule has 1 aliphatic carbocycles. The molecular formula is C15H23N3O. The molecule has 4 heteroatoms. The van der Waals surface area contributed by atoms with Gasteiger partial charge in [-0.2, -0.15) is 0 Å². The summed E-state index contributed by atoms with van der Waals surface area (Å²) in [5.74, 6) is 0.505. The number of pyridine rings is 1. The number of hydrogen-bond acceptors (Lipinski definition) is 4. The van der Waals surface area contributed by atoms with Gasteiger partial charge in [0.15, 0.2) is 5.78 Å². The summed E-state index contributed by atoms with van der Waals surface area (Å²) in [6.45, 7) is 6.01. The van der Waals surface area contributed by atoms with Crippen LogP contribution in [0.2, 0.25) is 0 Å². The van der Waals surface area contributed by atoms with E-state index in [9.17, 15) is 4.79 Å². The fraction of sp³-hybridized carbons (Fsp3) is 0.600. The van der Waals surface area contributed by atoms with Crippen molar-refractivity contribution in [1.82, 2.24) is 9.88 Å². The van der Waals surface area contributed by atoms with Crippen LogP contribution in [-0.4, -0.2) is 34.3 Å². The first-order valence-corrected chi connectivity index (χ1v) is 7.16. The van der Waals surface area contributed by atoms with Crippen LogP contribution in [0.15, 0.2) is 18.3 Å². The Bertz CT molecular complexity index is 448. The molecule has 19 heavy (non-hydrogen) atoms. The molecule has 0 saturated heterocycles. The fourth-order valence-electron chi connectivity index (χ4n) is 3.34. The molecule has 0 spiro atoms. The lowest BCUT2D eigenvalue weighted by atomic mass is 9.85. The van der Waals surface area contributed by atoms with Gasteiger partial charge in [0.1, 0.15) is 5.82 Å². The number of nitrogen functional groups attached to an aromatic ring is 1. The van der Waals surface area contributed by atoms with Crippen molar-refractivity contribution in [1.29, 1.82) is 0 Å². The van der Waals surface area contributed by atoms with Gasteiger partial charge in [0.2, 0.25) is 0 Å². The van der Waals surface area contributed by atoms with Crippen molar-refractivity contribution in [2.75, 3.05) is 18.8 Å². The maximum absolute atomic E-state index is 13.0. The van der Waals surface area contributed by atoms with E-state index < -0.39 is 0 Å². The number of carbonyl (C=O) groups excluding carboxylic acids is 1. The van der Waals surface area contributed by atoms with Crippen molar-refractivity contribution in [3.05, 3.63) is 23.9 Å². The van der Waals surface area contributed by atoms with Gasteiger partial charge in [-0.25, -0.2) is 4.98 Å². The monoisotopic (exact) mass is 261 g/mol. The van der Waals surface area contributed by atoms with Crippen LogP contribution in [0.4, 0.5) is 5.82 Å². The molecule has 2 rings (SSSR count). The molecule has 0 aliphatic heterocycles. The van der Waals surface area contributed by atoms with Gasteiger partial charge in [-0.1, -0.05) is 26.7 Å². The summed E-state index contributed by atoms with van der Waals surface area (Å²) in [6.07, 6.45) is 5.72. The molecule has 1 aromatic rings. The third-order valence-electron chi connectivity index (χ3n) is 4.31. The van der Waals surface area contributed by atoms with Crippen LogP contribution in [-0.2, 0) is 0 Å². The molecule has 0 bridgehead atoms. The standard InChI is InChI=1S/C15H23N3O/c1-3-18(4-2)15(9-5-6-10-15)13(19)12-8-7-11-17-14(12)16/h7-8,11H,3-6,9-10H2,1-2H3,(H2,16,17). The highest BCUT2D eigenvalue weighted by atomic mass is 16.1. The van der Waals surface area contributed by atoms with E-state index in [4.69, 9.17) is 5.73 Å². The van der Waals surface area contributed by atoms with Gasteiger partial charge in [-0.3, -0.25) is 9.69 Å². The van der Waals surface area contributed by atoms with Crippen LogP contribution in [0.25, 0.3) is 0 Å². The normalized spacial score (nSPS) is 17.8. The van der Waals surface area contributed by atoms with Crippen molar-refractivity contribution < 1.29 is 4.79 Å². The van der Waals surface area contributed by atoms with E-state index in [1.54, 1.807) is 18.3 Å². The van der Waals surface area contributed by atoms with Gasteiger partial charge in [0, 0.05) is 6.20 Å². The molecule has 0 unspecified atom stereocenters. The van der Waals surface area contributed by atoms with E-state index in [1.165, 1.54) is 0 Å². The van der Waals surface area contributed by atoms with Gasteiger partial charge < -0.3 is 5.73 Å². The Morgan fingerprint density at radius 1 is 1.37 bits per heavy atom. The number of anilines is 1. The quantitative estimate of drug-likeness (QED) is 0.827. The molecule has 1 aliphatic rings. The van der Waals surface area contributed by atoms with Crippen LogP contribution in [0.5, 0.6) is 0 Å². The molecular weight excluding hydrogens is 238 g/mol. The summed E-state index contributed by atoms with van der Waals surface area (Å²) in [7, 11) is 0. The minimum atomic E-state index is -0.360. The summed E-state index contributed by atoms with van der Waals surface area (Å²) in [5.41, 5.74) is 6.10. The largest absolute Gasteiger partial charge is 0.383 e. The predicted molar refractivity (Wildman–Crippen MR) is 77.1 cm³/mol. The maximum atomic E-state index is 13.0. The Labute approximate surface area is 115 Å². The van der Waals surface area contributed by atoms with Gasteiger partial charge in [0.05, 0.1) is 11.1 Å². The average molecular weight is 261 g/mol. The highest BCUT2D eigenvalue weighted by molar-refractivity contribution is 6.06. The number of aromatic nitrogens is 1. The van der Waals surface area contributed by atoms with E-state index >= 15 is 0 Å². The Morgan fingerprint density at radius 3 is 2.53 bits per heavy atom. The number of ketones is 1. The zero-order valence-corrected chi connectivity index (χ0v) is 11.9. The third kappa shape index (κ3) is 2.37. The number of nitrogens with zero attached hydrogens (tertiary/aromatic N) is 2. The van der Waals surface area contributed by atoms with Gasteiger partial charge in [-0.15, -0.1) is 0 Å². The van der Waals surface area contributed by atoms with Crippen molar-refractivity contribution in [3.8, 4) is 0 Å². The second-order valence-corrected chi connectivity index (χ2v) is 5.18. The van der Waals surface area contributed by atoms with Crippen molar-refractivity contribution in [3.63, 3.8) is 0 Å². The highest BCUT2D eigenvalue weighted by Crippen LogP contribution is 2.38. The smallest absolute Gasteiger partial charge is 0.186 e. The van der Waals surface area contributed by atoms with Gasteiger partial charge in [0.25, 0.3) is 0 Å². The summed E-state index contributed by atoms with van der Waals surface area (Å²) < 4.78 is 0. The Morgan fingerprint density at radius 2 is 2.00 bits per heavy atom. The molecule has 2 N–H and O–H groups in total. The third-order valence-corrected chi connectivity index (χ3v) is 4.31. The topological polar surface area (TPSA) is 59.2 Å². The SMILES string of the molecule is CCN(CC)C1(C(=O)c2cccnc2N)CCCC1. The zero-order chi connectivity index (χ0) is 13.9. The minimum absolute atomic E-state index is 0.152. The first-order chi connectivity index (χ1) is 9.15. The Kier molecular flexibility index (Phi) is 4.20. The van der Waals surface area contributed by atoms with Gasteiger partial charge in [-0.05, 0) is 38.1 Å². The predicted octanol–water partition coefficient (Wildman–Crippen LogP) is 2.50. The number of rotatable bonds is 5. The highest BCUT2D eigenvalue weighted by Gasteiger charge is 2.45. The number of Topliss-reactive ketones (excluding diaryl/α,β-unsaturated/α-hetero) is 1. The average Bonchev–Trinajstić information content (AvgIpc) is 2.90. The first kappa shape index (κ1) is 14.0. The number of nitrogens with two attached hydrogens (primary N) is 1. The number of hydrogen-bond donors (Lipinski definition) is 1. The fourth-order valence-corrected chi connectivity index (χ4v) is 3.34. The summed E-state index contributed by atoms with van der Waals surface area (Å²) in [4.78, 5) is 19.3. The molecule has 1 saturated carbocycles. The number of likely N-dealkylation sites (N-methyl/N-ethyl adjacent to an activating group) is 1. The number of carbonyl (C=O) groups is 1. The lowest BCUT2D eigenvalue weighted by Crippen LogP contribution is -2.52. The van der Waals surface area contributed by atoms with Crippen LogP contribution in [0, 0.1) is 0 Å². The summed E-state index contributed by atoms with van der Waals surface area (Å²) in [5, 5.41) is 0. The van der Waals surface area contributed by atoms with E-state index in [0.717, 1.165) is 38.8 Å². The molecule has 0 radical (unpaired) electrons. The van der Waals surface area contributed by atoms with Crippen LogP contribution >= 0.6 is 0 Å². The Balaban J connectivity index is 2.40. The van der Waals surface area contributed by atoms with E-state index in [0.29, 0.717) is 11.4 Å². The minimum Gasteiger partial charge on any atom is -0.383 e. The van der Waals surface area contributed by atoms with E-state index in [1.807, 2.05) is 0 Å². The molecule has 4 nitrogen and oxygen atoms in total. The van der Waals surface area contributed by atoms with E-state index in [-0.39, 0.29) is 11.3 Å². The molecule has 1 heterocycles. The maximum Gasteiger partial charge on any atom is 0.186 e. The summed E-state index contributed by atoms with van der Waals surface area (Å²) in [6, 6.07) is 3.59. The van der Waals surface area contributed by atoms with Crippen LogP contribution < -0.4 is 5.73 Å². The molecule has 0 aromatic carbocycles. The van der Waals surface area contributed by atoms with Crippen molar-refractivity contribution in [2.45, 2.75) is 45.1 Å². The van der Waals surface area contributed by atoms with Crippen LogP contribution in [0.1, 0.15) is 49.9 Å². The molecule has 1 aromatic heterocycles. The lowest BCUT2D eigenvalue weighted by Gasteiger charge is -2.39. The molecule has 0 atom stereocenters. The van der Waals surface area contributed by atoms with Crippen LogP contribution in [0.3, 0.4) is 0 Å². The molecule has 104 valence electrons. The Hall–Kier alpha value is -1.42. The molecule has 1 fully saturated rings. The lowest BCUT2D eigenvalue weighted by molar-refractivity contribution is 0.0585. The van der Waals surface area contributed by atoms with Gasteiger partial charge >= 0.3 is 0 Å². The zero-order valence-electron chi connectivity index (χ0n) is 11.9. The summed E-state index contributed by atoms with van der Waals surface area (Å²) >= 11 is 0. The van der Waals surface area contributed by atoms with Crippen molar-refractivity contribution in [2.24, 2.45) is 0 Å². The van der Waals surface area contributed by atoms with E-state index in [2.05, 4.69) is 23.7 Å². The molecule has 0 amide bonds. The second kappa shape index (κ2) is 5.70.